The van der Waals surface area contributed by atoms with Gasteiger partial charge in [-0.05, 0) is 34.8 Å². The Morgan fingerprint density at radius 3 is 3.00 bits per heavy atom. The highest BCUT2D eigenvalue weighted by Crippen LogP contribution is 2.35. The van der Waals surface area contributed by atoms with E-state index in [9.17, 15) is 0 Å². The lowest BCUT2D eigenvalue weighted by molar-refractivity contribution is 0.268. The molecule has 0 bridgehead atoms. The second-order valence-corrected chi connectivity index (χ2v) is 3.60. The minimum Gasteiger partial charge on any atom is -0.390 e. The molecule has 4 heteroatoms. The van der Waals surface area contributed by atoms with E-state index in [0.717, 1.165) is 10.3 Å². The molecule has 1 aliphatic carbocycles. The average molecular weight is 217 g/mol. The van der Waals surface area contributed by atoms with Gasteiger partial charge in [0.2, 0.25) is 0 Å². The van der Waals surface area contributed by atoms with Crippen molar-refractivity contribution in [1.29, 1.82) is 0 Å². The van der Waals surface area contributed by atoms with Crippen molar-refractivity contribution in [1.82, 2.24) is 9.78 Å². The number of hydrogen-bond acceptors (Lipinski definition) is 2. The zero-order valence-corrected chi connectivity index (χ0v) is 7.58. The van der Waals surface area contributed by atoms with E-state index in [0.29, 0.717) is 6.04 Å². The van der Waals surface area contributed by atoms with E-state index in [1.165, 1.54) is 12.8 Å². The SMILES string of the molecule is OCc1cc(Br)nn1C1CC1. The van der Waals surface area contributed by atoms with E-state index in [-0.39, 0.29) is 6.61 Å². The second-order valence-electron chi connectivity index (χ2n) is 2.79. The molecule has 0 unspecified atom stereocenters. The Morgan fingerprint density at radius 1 is 1.73 bits per heavy atom. The van der Waals surface area contributed by atoms with Crippen molar-refractivity contribution in [3.8, 4) is 0 Å². The van der Waals surface area contributed by atoms with Crippen LogP contribution >= 0.6 is 15.9 Å². The van der Waals surface area contributed by atoms with Crippen LogP contribution in [0.25, 0.3) is 0 Å². The molecule has 2 rings (SSSR count). The fourth-order valence-corrected chi connectivity index (χ4v) is 1.59. The number of aliphatic hydroxyl groups excluding tert-OH is 1. The Hall–Kier alpha value is -0.350. The Morgan fingerprint density at radius 2 is 2.45 bits per heavy atom. The van der Waals surface area contributed by atoms with Gasteiger partial charge in [-0.2, -0.15) is 5.10 Å². The van der Waals surface area contributed by atoms with E-state index in [4.69, 9.17) is 5.11 Å². The lowest BCUT2D eigenvalue weighted by Gasteiger charge is -2.00. The van der Waals surface area contributed by atoms with Gasteiger partial charge < -0.3 is 5.11 Å². The van der Waals surface area contributed by atoms with Gasteiger partial charge in [0.15, 0.2) is 0 Å². The van der Waals surface area contributed by atoms with E-state index < -0.39 is 0 Å². The fraction of sp³-hybridized carbons (Fsp3) is 0.571. The smallest absolute Gasteiger partial charge is 0.128 e. The van der Waals surface area contributed by atoms with Crippen LogP contribution < -0.4 is 0 Å². The van der Waals surface area contributed by atoms with Gasteiger partial charge in [0, 0.05) is 0 Å². The van der Waals surface area contributed by atoms with Gasteiger partial charge in [0.05, 0.1) is 18.3 Å². The third-order valence-corrected chi connectivity index (χ3v) is 2.23. The molecule has 0 amide bonds. The number of nitrogens with zero attached hydrogens (tertiary/aromatic N) is 2. The maximum atomic E-state index is 8.93. The maximum absolute atomic E-state index is 8.93. The first-order chi connectivity index (χ1) is 5.31. The highest BCUT2D eigenvalue weighted by Gasteiger charge is 2.26. The van der Waals surface area contributed by atoms with Gasteiger partial charge >= 0.3 is 0 Å². The Labute approximate surface area is 73.2 Å². The van der Waals surface area contributed by atoms with Crippen LogP contribution in [-0.4, -0.2) is 14.9 Å². The van der Waals surface area contributed by atoms with E-state index in [2.05, 4.69) is 21.0 Å². The zero-order valence-electron chi connectivity index (χ0n) is 6.00. The Kier molecular flexibility index (Phi) is 1.73. The molecule has 60 valence electrons. The van der Waals surface area contributed by atoms with Gasteiger partial charge in [0.1, 0.15) is 4.60 Å². The van der Waals surface area contributed by atoms with Crippen LogP contribution in [0.4, 0.5) is 0 Å². The van der Waals surface area contributed by atoms with Gasteiger partial charge in [-0.3, -0.25) is 4.68 Å². The molecule has 11 heavy (non-hydrogen) atoms. The van der Waals surface area contributed by atoms with Crippen LogP contribution in [0.2, 0.25) is 0 Å². The Balaban J connectivity index is 2.34. The molecule has 0 spiro atoms. The third kappa shape index (κ3) is 1.32. The summed E-state index contributed by atoms with van der Waals surface area (Å²) < 4.78 is 2.72. The van der Waals surface area contributed by atoms with Gasteiger partial charge in [-0.25, -0.2) is 0 Å². The monoisotopic (exact) mass is 216 g/mol. The number of aliphatic hydroxyl groups is 1. The van der Waals surface area contributed by atoms with Crippen molar-refractivity contribution >= 4 is 15.9 Å². The number of aromatic nitrogens is 2. The summed E-state index contributed by atoms with van der Waals surface area (Å²) in [6.07, 6.45) is 2.39. The first kappa shape index (κ1) is 7.31. The summed E-state index contributed by atoms with van der Waals surface area (Å²) >= 11 is 3.28. The number of hydrogen-bond donors (Lipinski definition) is 1. The van der Waals surface area contributed by atoms with Crippen molar-refractivity contribution < 1.29 is 5.11 Å². The van der Waals surface area contributed by atoms with E-state index in [1.807, 2.05) is 10.7 Å². The maximum Gasteiger partial charge on any atom is 0.128 e. The summed E-state index contributed by atoms with van der Waals surface area (Å²) in [4.78, 5) is 0. The summed E-state index contributed by atoms with van der Waals surface area (Å²) in [5.74, 6) is 0. The molecule has 1 saturated carbocycles. The summed E-state index contributed by atoms with van der Waals surface area (Å²) in [6.45, 7) is 0.0785. The molecular weight excluding hydrogens is 208 g/mol. The van der Waals surface area contributed by atoms with Crippen LogP contribution in [0.15, 0.2) is 10.7 Å². The summed E-state index contributed by atoms with van der Waals surface area (Å²) in [6, 6.07) is 2.40. The molecular formula is C7H9BrN2O. The molecule has 1 aliphatic rings. The topological polar surface area (TPSA) is 38.1 Å². The van der Waals surface area contributed by atoms with E-state index in [1.54, 1.807) is 0 Å². The first-order valence-electron chi connectivity index (χ1n) is 3.66. The largest absolute Gasteiger partial charge is 0.390 e. The van der Waals surface area contributed by atoms with Crippen molar-refractivity contribution in [3.63, 3.8) is 0 Å². The number of halogens is 1. The van der Waals surface area contributed by atoms with Gasteiger partial charge in [-0.15, -0.1) is 0 Å². The average Bonchev–Trinajstić information content (AvgIpc) is 2.75. The van der Waals surface area contributed by atoms with Crippen molar-refractivity contribution in [3.05, 3.63) is 16.4 Å². The molecule has 3 nitrogen and oxygen atoms in total. The molecule has 1 fully saturated rings. The van der Waals surface area contributed by atoms with Crippen LogP contribution in [0.3, 0.4) is 0 Å². The highest BCUT2D eigenvalue weighted by molar-refractivity contribution is 9.10. The van der Waals surface area contributed by atoms with Crippen LogP contribution in [-0.2, 0) is 6.61 Å². The minimum absolute atomic E-state index is 0.0785. The molecule has 0 aliphatic heterocycles. The summed E-state index contributed by atoms with van der Waals surface area (Å²) in [7, 11) is 0. The lowest BCUT2D eigenvalue weighted by Crippen LogP contribution is -2.01. The summed E-state index contributed by atoms with van der Waals surface area (Å²) in [5, 5.41) is 13.1. The van der Waals surface area contributed by atoms with E-state index >= 15 is 0 Å². The van der Waals surface area contributed by atoms with Crippen LogP contribution in [0.1, 0.15) is 24.6 Å². The molecule has 1 heterocycles. The van der Waals surface area contributed by atoms with Crippen LogP contribution in [0.5, 0.6) is 0 Å². The molecule has 0 radical (unpaired) electrons. The van der Waals surface area contributed by atoms with Gasteiger partial charge in [-0.1, -0.05) is 0 Å². The zero-order chi connectivity index (χ0) is 7.84. The Bertz CT molecular complexity index is 267. The fourth-order valence-electron chi connectivity index (χ4n) is 1.15. The predicted molar refractivity (Wildman–Crippen MR) is 44.1 cm³/mol. The number of rotatable bonds is 2. The molecule has 0 aromatic carbocycles. The first-order valence-corrected chi connectivity index (χ1v) is 4.45. The minimum atomic E-state index is 0.0785. The standard InChI is InChI=1S/C7H9BrN2O/c8-7-3-6(4-11)10(9-7)5-1-2-5/h3,5,11H,1-2,4H2. The third-order valence-electron chi connectivity index (χ3n) is 1.84. The predicted octanol–water partition coefficient (Wildman–Crippen LogP) is 1.47. The molecule has 0 saturated heterocycles. The molecule has 0 atom stereocenters. The summed E-state index contributed by atoms with van der Waals surface area (Å²) in [5.41, 5.74) is 0.902. The second kappa shape index (κ2) is 2.60. The van der Waals surface area contributed by atoms with Crippen molar-refractivity contribution in [2.45, 2.75) is 25.5 Å². The normalized spacial score (nSPS) is 17.3. The molecule has 1 N–H and O–H groups in total. The van der Waals surface area contributed by atoms with Gasteiger partial charge in [0.25, 0.3) is 0 Å². The highest BCUT2D eigenvalue weighted by atomic mass is 79.9. The molecule has 1 aromatic rings. The quantitative estimate of drug-likeness (QED) is 0.814. The lowest BCUT2D eigenvalue weighted by atomic mass is 10.4. The van der Waals surface area contributed by atoms with Crippen LogP contribution in [0, 0.1) is 0 Å². The van der Waals surface area contributed by atoms with Crippen molar-refractivity contribution in [2.24, 2.45) is 0 Å². The molecule has 1 aromatic heterocycles. The van der Waals surface area contributed by atoms with Crippen molar-refractivity contribution in [2.75, 3.05) is 0 Å².